The average Bonchev–Trinajstić information content (AvgIpc) is 2.75. The number of aryl methyl sites for hydroxylation is 1. The van der Waals surface area contributed by atoms with Crippen LogP contribution < -0.4 is 5.56 Å². The van der Waals surface area contributed by atoms with E-state index in [0.29, 0.717) is 27.4 Å². The molecule has 0 radical (unpaired) electrons. The Kier molecular flexibility index (Phi) is 5.56. The number of aromatic nitrogens is 2. The molecule has 0 fully saturated rings. The van der Waals surface area contributed by atoms with Crippen LogP contribution in [0.1, 0.15) is 17.0 Å². The van der Waals surface area contributed by atoms with Gasteiger partial charge in [0.25, 0.3) is 5.56 Å². The van der Waals surface area contributed by atoms with Gasteiger partial charge in [0.05, 0.1) is 16.6 Å². The molecule has 0 aliphatic heterocycles. The fourth-order valence-corrected chi connectivity index (χ4v) is 3.70. The number of para-hydroxylation sites is 1. The summed E-state index contributed by atoms with van der Waals surface area (Å²) in [5.41, 5.74) is 3.25. The number of halogens is 1. The first-order valence-electron chi connectivity index (χ1n) is 9.17. The van der Waals surface area contributed by atoms with Gasteiger partial charge in [-0.3, -0.25) is 9.36 Å². The zero-order valence-electron chi connectivity index (χ0n) is 16.1. The van der Waals surface area contributed by atoms with Gasteiger partial charge in [-0.15, -0.1) is 11.8 Å². The summed E-state index contributed by atoms with van der Waals surface area (Å²) in [6.45, 7) is 1.94. The summed E-state index contributed by atoms with van der Waals surface area (Å²) in [4.78, 5) is 19.2. The molecular formula is C24H19ClN2OS. The van der Waals surface area contributed by atoms with Crippen molar-refractivity contribution in [3.8, 4) is 5.69 Å². The minimum Gasteiger partial charge on any atom is -0.268 e. The van der Waals surface area contributed by atoms with Gasteiger partial charge in [0.15, 0.2) is 0 Å². The van der Waals surface area contributed by atoms with Crippen LogP contribution in [0.3, 0.4) is 0 Å². The molecular weight excluding hydrogens is 400 g/mol. The lowest BCUT2D eigenvalue weighted by molar-refractivity contribution is 0.943. The van der Waals surface area contributed by atoms with Gasteiger partial charge in [-0.2, -0.15) is 0 Å². The second-order valence-corrected chi connectivity index (χ2v) is 7.95. The van der Waals surface area contributed by atoms with Gasteiger partial charge in [-0.05, 0) is 66.8 Å². The van der Waals surface area contributed by atoms with Crippen molar-refractivity contribution < 1.29 is 0 Å². The predicted molar refractivity (Wildman–Crippen MR) is 124 cm³/mol. The van der Waals surface area contributed by atoms with Gasteiger partial charge in [-0.25, -0.2) is 4.98 Å². The lowest BCUT2D eigenvalue weighted by atomic mass is 10.2. The van der Waals surface area contributed by atoms with Crippen LogP contribution in [0, 0.1) is 6.92 Å². The Morgan fingerprint density at radius 1 is 1.00 bits per heavy atom. The van der Waals surface area contributed by atoms with Crippen LogP contribution >= 0.6 is 23.4 Å². The SMILES string of the molecule is CSc1ccc(C=Cc2nc3ccccc3c(=O)n2-c2ccc(C)c(Cl)c2)cc1. The van der Waals surface area contributed by atoms with Crippen molar-refractivity contribution in [1.82, 2.24) is 9.55 Å². The maximum Gasteiger partial charge on any atom is 0.266 e. The van der Waals surface area contributed by atoms with E-state index >= 15 is 0 Å². The highest BCUT2D eigenvalue weighted by Gasteiger charge is 2.12. The summed E-state index contributed by atoms with van der Waals surface area (Å²) in [7, 11) is 0. The van der Waals surface area contributed by atoms with Crippen molar-refractivity contribution in [2.75, 3.05) is 6.26 Å². The molecule has 144 valence electrons. The Balaban J connectivity index is 1.90. The molecule has 0 aliphatic carbocycles. The molecule has 0 spiro atoms. The Morgan fingerprint density at radius 2 is 1.76 bits per heavy atom. The molecule has 5 heteroatoms. The molecule has 3 nitrogen and oxygen atoms in total. The van der Waals surface area contributed by atoms with Gasteiger partial charge in [0.2, 0.25) is 0 Å². The summed E-state index contributed by atoms with van der Waals surface area (Å²) in [6, 6.07) is 21.2. The van der Waals surface area contributed by atoms with E-state index in [1.165, 1.54) is 4.90 Å². The third-order valence-electron chi connectivity index (χ3n) is 4.76. The number of hydrogen-bond acceptors (Lipinski definition) is 3. The zero-order valence-corrected chi connectivity index (χ0v) is 17.7. The van der Waals surface area contributed by atoms with E-state index in [0.717, 1.165) is 11.1 Å². The maximum absolute atomic E-state index is 13.3. The fourth-order valence-electron chi connectivity index (χ4n) is 3.12. The summed E-state index contributed by atoms with van der Waals surface area (Å²) in [5, 5.41) is 1.19. The number of fused-ring (bicyclic) bond motifs is 1. The molecule has 4 rings (SSSR count). The monoisotopic (exact) mass is 418 g/mol. The highest BCUT2D eigenvalue weighted by atomic mass is 35.5. The second kappa shape index (κ2) is 8.27. The van der Waals surface area contributed by atoms with Gasteiger partial charge in [-0.1, -0.05) is 48.0 Å². The first-order chi connectivity index (χ1) is 14.1. The van der Waals surface area contributed by atoms with E-state index < -0.39 is 0 Å². The van der Waals surface area contributed by atoms with Crippen molar-refractivity contribution >= 4 is 46.4 Å². The van der Waals surface area contributed by atoms with Gasteiger partial charge in [0.1, 0.15) is 5.82 Å². The number of thioether (sulfide) groups is 1. The van der Waals surface area contributed by atoms with Crippen LogP contribution in [0.5, 0.6) is 0 Å². The molecule has 0 unspecified atom stereocenters. The maximum atomic E-state index is 13.3. The lowest BCUT2D eigenvalue weighted by Gasteiger charge is -2.12. The standard InChI is InChI=1S/C24H19ClN2OS/c1-16-7-11-18(15-21(16)25)27-23(14-10-17-8-12-19(29-2)13-9-17)26-22-6-4-3-5-20(22)24(27)28/h3-15H,1-2H3. The molecule has 1 heterocycles. The molecule has 0 N–H and O–H groups in total. The zero-order chi connectivity index (χ0) is 20.4. The Morgan fingerprint density at radius 3 is 2.48 bits per heavy atom. The molecule has 0 atom stereocenters. The van der Waals surface area contributed by atoms with Crippen molar-refractivity contribution in [3.05, 3.63) is 99.1 Å². The van der Waals surface area contributed by atoms with Crippen LogP contribution in [0.25, 0.3) is 28.7 Å². The van der Waals surface area contributed by atoms with E-state index in [2.05, 4.69) is 30.5 Å². The van der Waals surface area contributed by atoms with Gasteiger partial charge < -0.3 is 0 Å². The molecule has 0 saturated carbocycles. The smallest absolute Gasteiger partial charge is 0.266 e. The predicted octanol–water partition coefficient (Wildman–Crippen LogP) is 6.24. The first-order valence-corrected chi connectivity index (χ1v) is 10.8. The van der Waals surface area contributed by atoms with E-state index in [1.54, 1.807) is 28.5 Å². The van der Waals surface area contributed by atoms with Crippen molar-refractivity contribution in [2.24, 2.45) is 0 Å². The number of rotatable bonds is 4. The molecule has 0 aliphatic rings. The fraction of sp³-hybridized carbons (Fsp3) is 0.0833. The van der Waals surface area contributed by atoms with Crippen molar-refractivity contribution in [2.45, 2.75) is 11.8 Å². The average molecular weight is 419 g/mol. The summed E-state index contributed by atoms with van der Waals surface area (Å²) in [5.74, 6) is 0.558. The first kappa shape index (κ1) is 19.5. The van der Waals surface area contributed by atoms with E-state index in [-0.39, 0.29) is 5.56 Å². The Labute approximate surface area is 178 Å². The quantitative estimate of drug-likeness (QED) is 0.368. The van der Waals surface area contributed by atoms with Crippen LogP contribution in [0.4, 0.5) is 0 Å². The van der Waals surface area contributed by atoms with Gasteiger partial charge >= 0.3 is 0 Å². The summed E-state index contributed by atoms with van der Waals surface area (Å²) >= 11 is 8.04. The normalized spacial score (nSPS) is 11.4. The highest BCUT2D eigenvalue weighted by Crippen LogP contribution is 2.22. The largest absolute Gasteiger partial charge is 0.268 e. The molecule has 4 aromatic rings. The summed E-state index contributed by atoms with van der Waals surface area (Å²) < 4.78 is 1.61. The minimum atomic E-state index is -0.118. The number of benzene rings is 3. The number of nitrogens with zero attached hydrogens (tertiary/aromatic N) is 2. The van der Waals surface area contributed by atoms with Crippen LogP contribution in [0.2, 0.25) is 5.02 Å². The van der Waals surface area contributed by atoms with Crippen LogP contribution in [0.15, 0.2) is 76.4 Å². The molecule has 3 aromatic carbocycles. The lowest BCUT2D eigenvalue weighted by Crippen LogP contribution is -2.22. The van der Waals surface area contributed by atoms with E-state index in [9.17, 15) is 4.79 Å². The minimum absolute atomic E-state index is 0.118. The van der Waals surface area contributed by atoms with E-state index in [1.807, 2.05) is 49.4 Å². The van der Waals surface area contributed by atoms with Gasteiger partial charge in [0, 0.05) is 9.92 Å². The highest BCUT2D eigenvalue weighted by molar-refractivity contribution is 7.98. The molecule has 0 saturated heterocycles. The van der Waals surface area contributed by atoms with Crippen molar-refractivity contribution in [3.63, 3.8) is 0 Å². The van der Waals surface area contributed by atoms with Crippen LogP contribution in [-0.2, 0) is 0 Å². The third kappa shape index (κ3) is 4.00. The van der Waals surface area contributed by atoms with Crippen LogP contribution in [-0.4, -0.2) is 15.8 Å². The van der Waals surface area contributed by atoms with Crippen molar-refractivity contribution in [1.29, 1.82) is 0 Å². The molecule has 0 amide bonds. The number of hydrogen-bond donors (Lipinski definition) is 0. The topological polar surface area (TPSA) is 34.9 Å². The molecule has 0 bridgehead atoms. The Hall–Kier alpha value is -2.82. The van der Waals surface area contributed by atoms with E-state index in [4.69, 9.17) is 16.6 Å². The summed E-state index contributed by atoms with van der Waals surface area (Å²) in [6.07, 6.45) is 5.89. The third-order valence-corrected chi connectivity index (χ3v) is 5.91. The molecule has 29 heavy (non-hydrogen) atoms. The Bertz CT molecular complexity index is 1280. The molecule has 1 aromatic heterocycles. The second-order valence-electron chi connectivity index (χ2n) is 6.67.